The van der Waals surface area contributed by atoms with Gasteiger partial charge in [0.15, 0.2) is 0 Å². The van der Waals surface area contributed by atoms with Gasteiger partial charge in [0.2, 0.25) is 0 Å². The summed E-state index contributed by atoms with van der Waals surface area (Å²) in [6.45, 7) is 2.81. The smallest absolute Gasteiger partial charge is 0.127 e. The molecule has 1 heterocycles. The van der Waals surface area contributed by atoms with E-state index in [1.54, 1.807) is 6.07 Å². The van der Waals surface area contributed by atoms with Crippen LogP contribution in [0.15, 0.2) is 66.7 Å². The molecule has 30 heavy (non-hydrogen) atoms. The third-order valence-corrected chi connectivity index (χ3v) is 6.53. The van der Waals surface area contributed by atoms with E-state index in [1.807, 2.05) is 54.6 Å². The van der Waals surface area contributed by atoms with Gasteiger partial charge in [0.1, 0.15) is 5.82 Å². The lowest BCUT2D eigenvalue weighted by atomic mass is 10.0. The van der Waals surface area contributed by atoms with Crippen LogP contribution in [0, 0.1) is 5.82 Å². The summed E-state index contributed by atoms with van der Waals surface area (Å²) in [6.07, 6.45) is 0.771. The molecule has 0 saturated carbocycles. The van der Waals surface area contributed by atoms with Gasteiger partial charge in [-0.1, -0.05) is 77.3 Å². The van der Waals surface area contributed by atoms with Crippen LogP contribution < -0.4 is 0 Å². The van der Waals surface area contributed by atoms with Crippen molar-refractivity contribution >= 4 is 34.8 Å². The van der Waals surface area contributed by atoms with Gasteiger partial charge in [-0.05, 0) is 36.2 Å². The molecule has 0 aliphatic carbocycles. The average molecular weight is 464 g/mol. The topological polar surface area (TPSA) is 6.48 Å². The monoisotopic (exact) mass is 462 g/mol. The zero-order chi connectivity index (χ0) is 21.1. The fraction of sp³-hybridized carbons (Fsp3) is 0.250. The van der Waals surface area contributed by atoms with E-state index in [0.717, 1.165) is 35.7 Å². The van der Waals surface area contributed by atoms with Gasteiger partial charge in [0.25, 0.3) is 0 Å². The molecule has 0 bridgehead atoms. The molecule has 4 rings (SSSR count). The Kier molecular flexibility index (Phi) is 6.97. The molecule has 0 amide bonds. The zero-order valence-corrected chi connectivity index (χ0v) is 18.6. The summed E-state index contributed by atoms with van der Waals surface area (Å²) in [6, 6.07) is 20.3. The van der Waals surface area contributed by atoms with Crippen LogP contribution in [0.25, 0.3) is 0 Å². The number of rotatable bonds is 5. The lowest BCUT2D eigenvalue weighted by Gasteiger charge is -2.45. The van der Waals surface area contributed by atoms with Crippen LogP contribution >= 0.6 is 34.8 Å². The van der Waals surface area contributed by atoms with E-state index in [2.05, 4.69) is 9.80 Å². The van der Waals surface area contributed by atoms with Gasteiger partial charge in [0.05, 0.1) is 6.17 Å². The van der Waals surface area contributed by atoms with Crippen molar-refractivity contribution in [1.82, 2.24) is 9.80 Å². The van der Waals surface area contributed by atoms with Gasteiger partial charge in [0, 0.05) is 52.4 Å². The molecule has 1 aliphatic heterocycles. The summed E-state index contributed by atoms with van der Waals surface area (Å²) in [5.41, 5.74) is 2.55. The van der Waals surface area contributed by atoms with Crippen molar-refractivity contribution in [3.63, 3.8) is 0 Å². The number of hydrogen-bond acceptors (Lipinski definition) is 2. The molecule has 3 aromatic carbocycles. The molecule has 0 N–H and O–H groups in total. The van der Waals surface area contributed by atoms with E-state index in [-0.39, 0.29) is 12.0 Å². The van der Waals surface area contributed by atoms with Gasteiger partial charge in [-0.3, -0.25) is 9.80 Å². The summed E-state index contributed by atoms with van der Waals surface area (Å²) < 4.78 is 14.4. The van der Waals surface area contributed by atoms with Crippen molar-refractivity contribution in [2.24, 2.45) is 0 Å². The molecular weight excluding hydrogens is 442 g/mol. The Labute approximate surface area is 191 Å². The molecule has 2 nitrogen and oxygen atoms in total. The molecule has 156 valence electrons. The van der Waals surface area contributed by atoms with Crippen LogP contribution in [0.2, 0.25) is 15.1 Å². The maximum Gasteiger partial charge on any atom is 0.127 e. The Morgan fingerprint density at radius 1 is 0.700 bits per heavy atom. The van der Waals surface area contributed by atoms with E-state index in [4.69, 9.17) is 34.8 Å². The molecule has 6 heteroatoms. The van der Waals surface area contributed by atoms with Crippen molar-refractivity contribution in [2.45, 2.75) is 25.7 Å². The largest absolute Gasteiger partial charge is 0.280 e. The van der Waals surface area contributed by atoms with Gasteiger partial charge >= 0.3 is 0 Å². The molecular formula is C24H22Cl3FN2. The molecule has 0 spiro atoms. The Morgan fingerprint density at radius 2 is 1.23 bits per heavy atom. The molecule has 1 fully saturated rings. The molecule has 0 aromatic heterocycles. The lowest BCUT2D eigenvalue weighted by Crippen LogP contribution is -2.47. The Hall–Kier alpha value is -1.62. The fourth-order valence-corrected chi connectivity index (χ4v) is 4.88. The van der Waals surface area contributed by atoms with Crippen molar-refractivity contribution in [1.29, 1.82) is 0 Å². The summed E-state index contributed by atoms with van der Waals surface area (Å²) in [4.78, 5) is 4.56. The predicted molar refractivity (Wildman–Crippen MR) is 122 cm³/mol. The van der Waals surface area contributed by atoms with Gasteiger partial charge in [-0.15, -0.1) is 0 Å². The highest BCUT2D eigenvalue weighted by molar-refractivity contribution is 6.36. The second kappa shape index (κ2) is 9.67. The van der Waals surface area contributed by atoms with Crippen LogP contribution in [0.5, 0.6) is 0 Å². The molecule has 1 saturated heterocycles. The first-order valence-corrected chi connectivity index (χ1v) is 11.1. The first-order chi connectivity index (χ1) is 14.5. The first kappa shape index (κ1) is 21.6. The Bertz CT molecular complexity index is 951. The van der Waals surface area contributed by atoms with Crippen LogP contribution in [0.3, 0.4) is 0 Å². The molecule has 1 atom stereocenters. The summed E-state index contributed by atoms with van der Waals surface area (Å²) in [5, 5.41) is 1.95. The van der Waals surface area contributed by atoms with Gasteiger partial charge in [-0.25, -0.2) is 4.39 Å². The minimum Gasteiger partial charge on any atom is -0.280 e. The van der Waals surface area contributed by atoms with E-state index >= 15 is 0 Å². The van der Waals surface area contributed by atoms with Gasteiger partial charge < -0.3 is 0 Å². The second-order valence-electron chi connectivity index (χ2n) is 7.49. The number of benzene rings is 3. The predicted octanol–water partition coefficient (Wildman–Crippen LogP) is 7.19. The highest BCUT2D eigenvalue weighted by atomic mass is 35.5. The van der Waals surface area contributed by atoms with Crippen molar-refractivity contribution < 1.29 is 4.39 Å². The van der Waals surface area contributed by atoms with E-state index < -0.39 is 0 Å². The quantitative estimate of drug-likeness (QED) is 0.395. The summed E-state index contributed by atoms with van der Waals surface area (Å²) >= 11 is 19.7. The maximum atomic E-state index is 14.4. The van der Waals surface area contributed by atoms with Crippen molar-refractivity contribution in [3.05, 3.63) is 104 Å². The number of hydrogen-bond donors (Lipinski definition) is 0. The van der Waals surface area contributed by atoms with Crippen molar-refractivity contribution in [2.75, 3.05) is 13.1 Å². The second-order valence-corrected chi connectivity index (χ2v) is 8.71. The molecule has 0 unspecified atom stereocenters. The minimum absolute atomic E-state index is 0.184. The van der Waals surface area contributed by atoms with Crippen LogP contribution in [0.4, 0.5) is 4.39 Å². The first-order valence-electron chi connectivity index (χ1n) is 9.93. The van der Waals surface area contributed by atoms with Crippen LogP contribution in [0.1, 0.15) is 29.3 Å². The third kappa shape index (κ3) is 4.66. The third-order valence-electron chi connectivity index (χ3n) is 5.50. The van der Waals surface area contributed by atoms with Crippen LogP contribution in [-0.2, 0) is 13.1 Å². The summed E-state index contributed by atoms with van der Waals surface area (Å²) in [7, 11) is 0. The number of nitrogens with zero attached hydrogens (tertiary/aromatic N) is 2. The molecule has 0 radical (unpaired) electrons. The van der Waals surface area contributed by atoms with E-state index in [9.17, 15) is 4.39 Å². The van der Waals surface area contributed by atoms with E-state index in [1.165, 1.54) is 6.07 Å². The number of halogens is 4. The van der Waals surface area contributed by atoms with E-state index in [0.29, 0.717) is 28.7 Å². The molecule has 3 aromatic rings. The normalized spacial score (nSPS) is 17.9. The fourth-order valence-electron chi connectivity index (χ4n) is 4.10. The standard InChI is InChI=1S/C24H22Cl3FN2/c25-19-9-3-1-7-17(19)15-29-13-6-14-30(16-18-8-2-4-12-22(18)28)24(29)23-20(26)10-5-11-21(23)27/h1-5,7-12,24H,6,13-16H2/t24-/m0/s1. The molecule has 1 aliphatic rings. The van der Waals surface area contributed by atoms with Crippen LogP contribution in [-0.4, -0.2) is 22.9 Å². The Balaban J connectivity index is 1.73. The average Bonchev–Trinajstić information content (AvgIpc) is 2.73. The van der Waals surface area contributed by atoms with Crippen molar-refractivity contribution in [3.8, 4) is 0 Å². The van der Waals surface area contributed by atoms with Gasteiger partial charge in [-0.2, -0.15) is 0 Å². The maximum absolute atomic E-state index is 14.4. The Morgan fingerprint density at radius 3 is 1.87 bits per heavy atom. The highest BCUT2D eigenvalue weighted by Gasteiger charge is 2.34. The summed E-state index contributed by atoms with van der Waals surface area (Å²) in [5.74, 6) is -0.204. The minimum atomic E-state index is -0.204. The lowest BCUT2D eigenvalue weighted by molar-refractivity contribution is -0.00950. The zero-order valence-electron chi connectivity index (χ0n) is 16.4. The SMILES string of the molecule is Fc1ccccc1CN1CCCN(Cc2ccccc2Cl)[C@@H]1c1c(Cl)cccc1Cl. The highest BCUT2D eigenvalue weighted by Crippen LogP contribution is 2.40.